The zero-order valence-electron chi connectivity index (χ0n) is 12.4. The second-order valence-corrected chi connectivity index (χ2v) is 4.95. The number of tetrazole rings is 1. The van der Waals surface area contributed by atoms with Gasteiger partial charge in [0.25, 0.3) is 0 Å². The predicted molar refractivity (Wildman–Crippen MR) is 82.5 cm³/mol. The van der Waals surface area contributed by atoms with E-state index in [0.29, 0.717) is 12.3 Å². The lowest BCUT2D eigenvalue weighted by Crippen LogP contribution is -2.10. The Morgan fingerprint density at radius 1 is 1.23 bits per heavy atom. The van der Waals surface area contributed by atoms with Crippen molar-refractivity contribution in [3.05, 3.63) is 48.3 Å². The summed E-state index contributed by atoms with van der Waals surface area (Å²) in [5, 5.41) is 14.6. The van der Waals surface area contributed by atoms with Crippen molar-refractivity contribution in [1.82, 2.24) is 25.0 Å². The largest absolute Gasteiger partial charge is 0.374 e. The van der Waals surface area contributed by atoms with E-state index >= 15 is 0 Å². The fourth-order valence-corrected chi connectivity index (χ4v) is 2.16. The number of fused-ring (bicyclic) bond motifs is 1. The van der Waals surface area contributed by atoms with Crippen LogP contribution in [-0.2, 0) is 4.74 Å². The standard InChI is InChI=1S/C15H18N6O/c1-12(13-6-3-2-4-7-13)22-9-5-8-17-14-10-16-11-15-18-19-20-21(14)15/h2-4,6-7,10-12,17H,5,8-9H2,1H3. The Morgan fingerprint density at radius 3 is 2.95 bits per heavy atom. The van der Waals surface area contributed by atoms with Gasteiger partial charge in [-0.2, -0.15) is 4.52 Å². The summed E-state index contributed by atoms with van der Waals surface area (Å²) in [6.07, 6.45) is 4.31. The molecule has 0 bridgehead atoms. The molecule has 0 aliphatic heterocycles. The molecule has 0 spiro atoms. The molecule has 0 aliphatic carbocycles. The van der Waals surface area contributed by atoms with Gasteiger partial charge in [0.1, 0.15) is 5.82 Å². The number of rotatable bonds is 7. The van der Waals surface area contributed by atoms with E-state index in [1.165, 1.54) is 5.56 Å². The Kier molecular flexibility index (Phi) is 4.55. The highest BCUT2D eigenvalue weighted by atomic mass is 16.5. The van der Waals surface area contributed by atoms with Gasteiger partial charge in [0, 0.05) is 13.2 Å². The number of nitrogens with one attached hydrogen (secondary N) is 1. The van der Waals surface area contributed by atoms with Crippen molar-refractivity contribution in [2.24, 2.45) is 0 Å². The van der Waals surface area contributed by atoms with Crippen LogP contribution in [0.1, 0.15) is 25.0 Å². The highest BCUT2D eigenvalue weighted by Crippen LogP contribution is 2.15. The average molecular weight is 298 g/mol. The average Bonchev–Trinajstić information content (AvgIpc) is 3.04. The fraction of sp³-hybridized carbons (Fsp3) is 0.333. The SMILES string of the molecule is CC(OCCCNc1cncc2nnnn12)c1ccccc1. The first-order chi connectivity index (χ1) is 10.8. The van der Waals surface area contributed by atoms with Gasteiger partial charge < -0.3 is 10.1 Å². The third kappa shape index (κ3) is 3.37. The predicted octanol–water partition coefficient (Wildman–Crippen LogP) is 2.10. The maximum Gasteiger partial charge on any atom is 0.199 e. The molecule has 2 heterocycles. The van der Waals surface area contributed by atoms with Crippen molar-refractivity contribution in [2.45, 2.75) is 19.4 Å². The molecular formula is C15H18N6O. The minimum atomic E-state index is 0.103. The first-order valence-electron chi connectivity index (χ1n) is 7.27. The summed E-state index contributed by atoms with van der Waals surface area (Å²) < 4.78 is 7.46. The van der Waals surface area contributed by atoms with Crippen LogP contribution in [0.2, 0.25) is 0 Å². The van der Waals surface area contributed by atoms with Gasteiger partial charge in [-0.05, 0) is 29.3 Å². The van der Waals surface area contributed by atoms with E-state index in [1.807, 2.05) is 18.2 Å². The van der Waals surface area contributed by atoms with Crippen LogP contribution < -0.4 is 5.32 Å². The fourth-order valence-electron chi connectivity index (χ4n) is 2.16. The molecule has 7 heteroatoms. The van der Waals surface area contributed by atoms with E-state index < -0.39 is 0 Å². The van der Waals surface area contributed by atoms with Gasteiger partial charge in [0.05, 0.1) is 18.5 Å². The Morgan fingerprint density at radius 2 is 2.09 bits per heavy atom. The number of hydrogen-bond acceptors (Lipinski definition) is 6. The molecule has 0 saturated heterocycles. The maximum atomic E-state index is 5.84. The van der Waals surface area contributed by atoms with Crippen molar-refractivity contribution in [3.8, 4) is 0 Å². The van der Waals surface area contributed by atoms with Gasteiger partial charge in [0.15, 0.2) is 5.65 Å². The molecule has 0 saturated carbocycles. The monoisotopic (exact) mass is 298 g/mol. The molecule has 2 aromatic heterocycles. The zero-order valence-corrected chi connectivity index (χ0v) is 12.4. The third-order valence-electron chi connectivity index (χ3n) is 3.37. The minimum Gasteiger partial charge on any atom is -0.374 e. The number of ether oxygens (including phenoxy) is 1. The van der Waals surface area contributed by atoms with Gasteiger partial charge in [-0.3, -0.25) is 4.98 Å². The number of nitrogens with zero attached hydrogens (tertiary/aromatic N) is 5. The second kappa shape index (κ2) is 6.95. The maximum absolute atomic E-state index is 5.84. The van der Waals surface area contributed by atoms with Gasteiger partial charge in [0.2, 0.25) is 0 Å². The molecule has 0 radical (unpaired) electrons. The molecule has 3 aromatic rings. The van der Waals surface area contributed by atoms with Crippen LogP contribution in [-0.4, -0.2) is 38.2 Å². The number of anilines is 1. The number of aromatic nitrogens is 5. The zero-order chi connectivity index (χ0) is 15.2. The van der Waals surface area contributed by atoms with E-state index in [-0.39, 0.29) is 6.10 Å². The van der Waals surface area contributed by atoms with Crippen LogP contribution >= 0.6 is 0 Å². The van der Waals surface area contributed by atoms with Crippen molar-refractivity contribution in [2.75, 3.05) is 18.5 Å². The molecule has 0 fully saturated rings. The first-order valence-corrected chi connectivity index (χ1v) is 7.27. The van der Waals surface area contributed by atoms with Crippen LogP contribution in [0, 0.1) is 0 Å². The van der Waals surface area contributed by atoms with Crippen LogP contribution in [0.25, 0.3) is 5.65 Å². The van der Waals surface area contributed by atoms with Crippen molar-refractivity contribution < 1.29 is 4.74 Å². The lowest BCUT2D eigenvalue weighted by atomic mass is 10.1. The molecule has 22 heavy (non-hydrogen) atoms. The molecule has 7 nitrogen and oxygen atoms in total. The van der Waals surface area contributed by atoms with Crippen molar-refractivity contribution in [3.63, 3.8) is 0 Å². The van der Waals surface area contributed by atoms with Crippen molar-refractivity contribution in [1.29, 1.82) is 0 Å². The summed E-state index contributed by atoms with van der Waals surface area (Å²) in [6.45, 7) is 3.51. The summed E-state index contributed by atoms with van der Waals surface area (Å²) in [5.41, 5.74) is 1.82. The molecule has 1 unspecified atom stereocenters. The Bertz CT molecular complexity index is 714. The third-order valence-corrected chi connectivity index (χ3v) is 3.37. The molecule has 0 amide bonds. The second-order valence-electron chi connectivity index (χ2n) is 4.95. The first kappa shape index (κ1) is 14.4. The van der Waals surface area contributed by atoms with Crippen LogP contribution in [0.4, 0.5) is 5.82 Å². The van der Waals surface area contributed by atoms with Gasteiger partial charge in [-0.15, -0.1) is 5.10 Å². The molecule has 1 N–H and O–H groups in total. The lowest BCUT2D eigenvalue weighted by molar-refractivity contribution is 0.0656. The molecule has 3 rings (SSSR count). The van der Waals surface area contributed by atoms with E-state index in [4.69, 9.17) is 4.74 Å². The van der Waals surface area contributed by atoms with Crippen molar-refractivity contribution >= 4 is 11.5 Å². The molecule has 1 aromatic carbocycles. The topological polar surface area (TPSA) is 77.2 Å². The highest BCUT2D eigenvalue weighted by Gasteiger charge is 2.05. The lowest BCUT2D eigenvalue weighted by Gasteiger charge is -2.13. The summed E-state index contributed by atoms with van der Waals surface area (Å²) in [6, 6.07) is 10.2. The number of benzene rings is 1. The quantitative estimate of drug-likeness (QED) is 0.673. The Balaban J connectivity index is 1.43. The number of hydrogen-bond donors (Lipinski definition) is 1. The molecule has 1 atom stereocenters. The van der Waals surface area contributed by atoms with E-state index in [9.17, 15) is 0 Å². The summed E-state index contributed by atoms with van der Waals surface area (Å²) in [5.74, 6) is 0.776. The van der Waals surface area contributed by atoms with E-state index in [1.54, 1.807) is 16.9 Å². The highest BCUT2D eigenvalue weighted by molar-refractivity contribution is 5.43. The minimum absolute atomic E-state index is 0.103. The summed E-state index contributed by atoms with van der Waals surface area (Å²) in [7, 11) is 0. The molecular weight excluding hydrogens is 280 g/mol. The normalized spacial score (nSPS) is 12.4. The molecule has 114 valence electrons. The van der Waals surface area contributed by atoms with Gasteiger partial charge in [-0.25, -0.2) is 0 Å². The summed E-state index contributed by atoms with van der Waals surface area (Å²) in [4.78, 5) is 4.09. The Hall–Kier alpha value is -2.54. The van der Waals surface area contributed by atoms with Gasteiger partial charge in [-0.1, -0.05) is 30.3 Å². The molecule has 0 aliphatic rings. The smallest absolute Gasteiger partial charge is 0.199 e. The van der Waals surface area contributed by atoms with E-state index in [0.717, 1.165) is 18.8 Å². The Labute approximate surface area is 128 Å². The summed E-state index contributed by atoms with van der Waals surface area (Å²) >= 11 is 0. The van der Waals surface area contributed by atoms with Crippen LogP contribution in [0.5, 0.6) is 0 Å². The van der Waals surface area contributed by atoms with Crippen LogP contribution in [0.3, 0.4) is 0 Å². The van der Waals surface area contributed by atoms with Gasteiger partial charge >= 0.3 is 0 Å². The van der Waals surface area contributed by atoms with Crippen LogP contribution in [0.15, 0.2) is 42.7 Å². The van der Waals surface area contributed by atoms with E-state index in [2.05, 4.69) is 44.9 Å².